The minimum absolute atomic E-state index is 0.565. The summed E-state index contributed by atoms with van der Waals surface area (Å²) in [6.45, 7) is 4.37. The first kappa shape index (κ1) is 12.5. The predicted octanol–water partition coefficient (Wildman–Crippen LogP) is 4.49. The Balaban J connectivity index is 2.22. The number of piperidine rings is 1. The van der Waals surface area contributed by atoms with E-state index < -0.39 is 0 Å². The molecular formula is C12H16NPS2. The minimum Gasteiger partial charge on any atom is -0.235 e. The average Bonchev–Trinajstić information content (AvgIpc) is 2.31. The SMILES string of the molecule is Cc1ccccc1C1CCCCN1SP=S. The Hall–Kier alpha value is 0.0500. The third-order valence-electron chi connectivity index (χ3n) is 3.14. The highest BCUT2D eigenvalue weighted by Crippen LogP contribution is 2.40. The van der Waals surface area contributed by atoms with E-state index in [4.69, 9.17) is 11.8 Å². The second kappa shape index (κ2) is 6.11. The van der Waals surface area contributed by atoms with E-state index in [0.717, 1.165) is 6.56 Å². The molecule has 1 aliphatic heterocycles. The number of benzene rings is 1. The molecular weight excluding hydrogens is 253 g/mol. The summed E-state index contributed by atoms with van der Waals surface area (Å²) in [6, 6.07) is 9.29. The highest BCUT2D eigenvalue weighted by Gasteiger charge is 2.24. The Morgan fingerprint density at radius 1 is 1.38 bits per heavy atom. The molecule has 1 fully saturated rings. The number of aryl methyl sites for hydroxylation is 1. The van der Waals surface area contributed by atoms with Gasteiger partial charge in [-0.3, -0.25) is 0 Å². The van der Waals surface area contributed by atoms with Gasteiger partial charge >= 0.3 is 0 Å². The van der Waals surface area contributed by atoms with Crippen LogP contribution < -0.4 is 0 Å². The van der Waals surface area contributed by atoms with E-state index in [-0.39, 0.29) is 0 Å². The first-order valence-corrected chi connectivity index (χ1v) is 8.93. The minimum atomic E-state index is 0.565. The fourth-order valence-corrected chi connectivity index (χ4v) is 4.56. The van der Waals surface area contributed by atoms with Crippen molar-refractivity contribution in [2.75, 3.05) is 6.54 Å². The normalized spacial score (nSPS) is 22.4. The molecule has 0 N–H and O–H groups in total. The van der Waals surface area contributed by atoms with Crippen molar-refractivity contribution in [3.63, 3.8) is 0 Å². The molecule has 1 heterocycles. The third kappa shape index (κ3) is 2.84. The maximum atomic E-state index is 5.06. The fourth-order valence-electron chi connectivity index (χ4n) is 2.32. The molecule has 1 unspecified atom stereocenters. The van der Waals surface area contributed by atoms with Crippen molar-refractivity contribution in [3.05, 3.63) is 35.4 Å². The number of hydrogen-bond acceptors (Lipinski definition) is 3. The Bertz CT molecular complexity index is 370. The van der Waals surface area contributed by atoms with E-state index >= 15 is 0 Å². The zero-order valence-electron chi connectivity index (χ0n) is 9.43. The summed E-state index contributed by atoms with van der Waals surface area (Å²) in [6.07, 6.45) is 3.91. The quantitative estimate of drug-likeness (QED) is 0.588. The second-order valence-electron chi connectivity index (χ2n) is 4.17. The lowest BCUT2D eigenvalue weighted by Gasteiger charge is -2.34. The van der Waals surface area contributed by atoms with E-state index in [1.807, 2.05) is 0 Å². The summed E-state index contributed by atoms with van der Waals surface area (Å²) >= 11 is 6.85. The molecule has 1 aromatic carbocycles. The van der Waals surface area contributed by atoms with Crippen molar-refractivity contribution in [1.82, 2.24) is 4.31 Å². The molecule has 1 nitrogen and oxygen atoms in total. The largest absolute Gasteiger partial charge is 0.235 e. The van der Waals surface area contributed by atoms with Crippen LogP contribution in [0.15, 0.2) is 24.3 Å². The van der Waals surface area contributed by atoms with Crippen molar-refractivity contribution in [1.29, 1.82) is 0 Å². The maximum absolute atomic E-state index is 5.06. The van der Waals surface area contributed by atoms with Crippen LogP contribution in [-0.4, -0.2) is 10.8 Å². The topological polar surface area (TPSA) is 3.24 Å². The highest BCUT2D eigenvalue weighted by molar-refractivity contribution is 8.56. The summed E-state index contributed by atoms with van der Waals surface area (Å²) in [4.78, 5) is 0. The van der Waals surface area contributed by atoms with Gasteiger partial charge in [0.15, 0.2) is 0 Å². The fraction of sp³-hybridized carbons (Fsp3) is 0.500. The van der Waals surface area contributed by atoms with E-state index in [9.17, 15) is 0 Å². The van der Waals surface area contributed by atoms with Crippen molar-refractivity contribution in [2.24, 2.45) is 0 Å². The maximum Gasteiger partial charge on any atom is 0.0600 e. The molecule has 16 heavy (non-hydrogen) atoms. The zero-order valence-corrected chi connectivity index (χ0v) is 12.0. The summed E-state index contributed by atoms with van der Waals surface area (Å²) in [7, 11) is 0. The van der Waals surface area contributed by atoms with Crippen LogP contribution in [0.2, 0.25) is 0 Å². The van der Waals surface area contributed by atoms with Gasteiger partial charge in [0.05, 0.1) is 6.56 Å². The molecule has 1 aliphatic rings. The van der Waals surface area contributed by atoms with Crippen LogP contribution in [0.25, 0.3) is 0 Å². The number of nitrogens with zero attached hydrogens (tertiary/aromatic N) is 1. The second-order valence-corrected chi connectivity index (χ2v) is 7.23. The molecule has 1 aromatic rings. The van der Waals surface area contributed by atoms with Crippen molar-refractivity contribution in [2.45, 2.75) is 32.2 Å². The molecule has 0 spiro atoms. The standard InChI is InChI=1S/C12H16NPS2/c1-10-6-2-3-7-11(10)12-8-4-5-9-13(12)16-14-15/h2-3,6-7,12H,4-5,8-9H2,1H3. The van der Waals surface area contributed by atoms with Crippen molar-refractivity contribution < 1.29 is 0 Å². The van der Waals surface area contributed by atoms with Crippen molar-refractivity contribution >= 4 is 29.9 Å². The van der Waals surface area contributed by atoms with Gasteiger partial charge in [-0.15, -0.1) is 0 Å². The molecule has 0 aromatic heterocycles. The Kier molecular flexibility index (Phi) is 4.78. The lowest BCUT2D eigenvalue weighted by Crippen LogP contribution is -2.27. The first-order valence-electron chi connectivity index (χ1n) is 5.65. The molecule has 0 bridgehead atoms. The van der Waals surface area contributed by atoms with Gasteiger partial charge in [-0.2, -0.15) is 0 Å². The van der Waals surface area contributed by atoms with E-state index in [1.165, 1.54) is 36.9 Å². The molecule has 4 heteroatoms. The van der Waals surface area contributed by atoms with Crippen LogP contribution in [0.4, 0.5) is 0 Å². The lowest BCUT2D eigenvalue weighted by atomic mass is 9.94. The Morgan fingerprint density at radius 3 is 2.94 bits per heavy atom. The molecule has 0 saturated carbocycles. The molecule has 0 amide bonds. The smallest absolute Gasteiger partial charge is 0.0600 e. The monoisotopic (exact) mass is 269 g/mol. The molecule has 1 saturated heterocycles. The summed E-state index contributed by atoms with van der Waals surface area (Å²) in [5.74, 6) is 0. The van der Waals surface area contributed by atoms with E-state index in [0.29, 0.717) is 6.04 Å². The lowest BCUT2D eigenvalue weighted by molar-refractivity contribution is 0.281. The van der Waals surface area contributed by atoms with Crippen LogP contribution in [0.1, 0.15) is 36.4 Å². The summed E-state index contributed by atoms with van der Waals surface area (Å²) in [5, 5.41) is 0. The van der Waals surface area contributed by atoms with Gasteiger partial charge in [-0.1, -0.05) is 30.7 Å². The Labute approximate surface area is 108 Å². The van der Waals surface area contributed by atoms with Gasteiger partial charge < -0.3 is 0 Å². The molecule has 1 atom stereocenters. The number of hydrogen-bond donors (Lipinski definition) is 0. The van der Waals surface area contributed by atoms with Crippen LogP contribution >= 0.6 is 18.1 Å². The number of rotatable bonds is 3. The Morgan fingerprint density at radius 2 is 2.19 bits per heavy atom. The van der Waals surface area contributed by atoms with Gasteiger partial charge in [0, 0.05) is 12.6 Å². The molecule has 86 valence electrons. The van der Waals surface area contributed by atoms with Gasteiger partial charge in [0.1, 0.15) is 0 Å². The van der Waals surface area contributed by atoms with E-state index in [2.05, 4.69) is 35.5 Å². The van der Waals surface area contributed by atoms with Crippen LogP contribution in [0.3, 0.4) is 0 Å². The van der Waals surface area contributed by atoms with Gasteiger partial charge in [0.2, 0.25) is 0 Å². The molecule has 0 aliphatic carbocycles. The van der Waals surface area contributed by atoms with Gasteiger partial charge in [0.25, 0.3) is 0 Å². The van der Waals surface area contributed by atoms with Gasteiger partial charge in [-0.25, -0.2) is 4.31 Å². The highest BCUT2D eigenvalue weighted by atomic mass is 32.9. The summed E-state index contributed by atoms with van der Waals surface area (Å²) < 4.78 is 2.47. The summed E-state index contributed by atoms with van der Waals surface area (Å²) in [5.41, 5.74) is 2.88. The van der Waals surface area contributed by atoms with Crippen LogP contribution in [-0.2, 0) is 11.8 Å². The van der Waals surface area contributed by atoms with Gasteiger partial charge in [-0.05, 0) is 54.3 Å². The third-order valence-corrected chi connectivity index (χ3v) is 5.28. The molecule has 0 radical (unpaired) electrons. The molecule has 2 rings (SSSR count). The first-order chi connectivity index (χ1) is 7.83. The average molecular weight is 269 g/mol. The zero-order chi connectivity index (χ0) is 11.4. The van der Waals surface area contributed by atoms with E-state index in [1.54, 1.807) is 11.6 Å². The van der Waals surface area contributed by atoms with Crippen molar-refractivity contribution in [3.8, 4) is 0 Å². The van der Waals surface area contributed by atoms with Crippen LogP contribution in [0, 0.1) is 6.92 Å². The van der Waals surface area contributed by atoms with Crippen LogP contribution in [0.5, 0.6) is 0 Å². The predicted molar refractivity (Wildman–Crippen MR) is 76.4 cm³/mol.